The molecule has 0 aliphatic heterocycles. The number of carbonyl (C=O) groups is 1. The number of nitrogens with two attached hydrogens (primary N) is 1. The third kappa shape index (κ3) is 4.76. The van der Waals surface area contributed by atoms with E-state index in [1.54, 1.807) is 18.0 Å². The zero-order valence-electron chi connectivity index (χ0n) is 10.5. The molecule has 0 spiro atoms. The molecule has 2 N–H and O–H groups in total. The van der Waals surface area contributed by atoms with E-state index in [1.807, 2.05) is 25.1 Å². The van der Waals surface area contributed by atoms with E-state index < -0.39 is 0 Å². The van der Waals surface area contributed by atoms with Crippen LogP contribution in [0.1, 0.15) is 19.8 Å². The Morgan fingerprint density at radius 3 is 2.88 bits per heavy atom. The Labute approximate surface area is 102 Å². The number of likely N-dealkylation sites (N-methyl/N-ethyl adjacent to an activating group) is 1. The highest BCUT2D eigenvalue weighted by molar-refractivity contribution is 5.75. The van der Waals surface area contributed by atoms with E-state index in [0.717, 1.165) is 12.2 Å². The van der Waals surface area contributed by atoms with Crippen LogP contribution in [0.25, 0.3) is 0 Å². The number of hydrogen-bond donors (Lipinski definition) is 1. The predicted molar refractivity (Wildman–Crippen MR) is 68.9 cm³/mol. The molecule has 0 atom stereocenters. The van der Waals surface area contributed by atoms with Gasteiger partial charge in [0.15, 0.2) is 0 Å². The van der Waals surface area contributed by atoms with Gasteiger partial charge in [-0.3, -0.25) is 4.79 Å². The van der Waals surface area contributed by atoms with Crippen molar-refractivity contribution in [2.75, 3.05) is 25.9 Å². The molecule has 1 aromatic rings. The van der Waals surface area contributed by atoms with Crippen molar-refractivity contribution >= 4 is 11.6 Å². The maximum atomic E-state index is 11.5. The van der Waals surface area contributed by atoms with Gasteiger partial charge in [0.05, 0.1) is 6.54 Å². The van der Waals surface area contributed by atoms with Gasteiger partial charge in [-0.15, -0.1) is 0 Å². The second-order valence-corrected chi connectivity index (χ2v) is 3.99. The fourth-order valence-corrected chi connectivity index (χ4v) is 1.43. The summed E-state index contributed by atoms with van der Waals surface area (Å²) in [6.45, 7) is 3.07. The van der Waals surface area contributed by atoms with E-state index in [2.05, 4.69) is 0 Å². The highest BCUT2D eigenvalue weighted by atomic mass is 16.5. The standard InChI is InChI=1S/C13H20N2O2/c1-3-5-13(16)15(2)8-9-17-12-7-4-6-11(14)10-12/h4,6-7,10H,3,5,8-9,14H2,1-2H3. The van der Waals surface area contributed by atoms with Crippen LogP contribution >= 0.6 is 0 Å². The normalized spacial score (nSPS) is 10.0. The molecule has 0 aliphatic rings. The van der Waals surface area contributed by atoms with Crippen LogP contribution in [0, 0.1) is 0 Å². The van der Waals surface area contributed by atoms with Crippen molar-refractivity contribution in [3.63, 3.8) is 0 Å². The number of carbonyl (C=O) groups excluding carboxylic acids is 1. The summed E-state index contributed by atoms with van der Waals surface area (Å²) in [5.41, 5.74) is 6.31. The Hall–Kier alpha value is -1.71. The Morgan fingerprint density at radius 1 is 1.47 bits per heavy atom. The first-order valence-electron chi connectivity index (χ1n) is 5.85. The molecule has 0 saturated heterocycles. The van der Waals surface area contributed by atoms with E-state index in [9.17, 15) is 4.79 Å². The zero-order valence-corrected chi connectivity index (χ0v) is 10.5. The molecule has 17 heavy (non-hydrogen) atoms. The first-order valence-corrected chi connectivity index (χ1v) is 5.85. The van der Waals surface area contributed by atoms with Crippen molar-refractivity contribution < 1.29 is 9.53 Å². The number of ether oxygens (including phenoxy) is 1. The maximum absolute atomic E-state index is 11.5. The summed E-state index contributed by atoms with van der Waals surface area (Å²) in [4.78, 5) is 13.2. The molecule has 1 rings (SSSR count). The lowest BCUT2D eigenvalue weighted by Gasteiger charge is -2.17. The fraction of sp³-hybridized carbons (Fsp3) is 0.462. The van der Waals surface area contributed by atoms with Gasteiger partial charge in [-0.1, -0.05) is 13.0 Å². The topological polar surface area (TPSA) is 55.6 Å². The summed E-state index contributed by atoms with van der Waals surface area (Å²) < 4.78 is 5.51. The minimum Gasteiger partial charge on any atom is -0.492 e. The van der Waals surface area contributed by atoms with Gasteiger partial charge in [-0.05, 0) is 18.6 Å². The number of rotatable bonds is 6. The van der Waals surface area contributed by atoms with E-state index in [-0.39, 0.29) is 5.91 Å². The molecule has 0 radical (unpaired) electrons. The van der Waals surface area contributed by atoms with Gasteiger partial charge in [-0.25, -0.2) is 0 Å². The molecule has 0 unspecified atom stereocenters. The summed E-state index contributed by atoms with van der Waals surface area (Å²) >= 11 is 0. The molecular weight excluding hydrogens is 216 g/mol. The number of nitrogens with zero attached hydrogens (tertiary/aromatic N) is 1. The number of anilines is 1. The van der Waals surface area contributed by atoms with Crippen LogP contribution in [0.15, 0.2) is 24.3 Å². The van der Waals surface area contributed by atoms with Gasteiger partial charge in [0.1, 0.15) is 12.4 Å². The van der Waals surface area contributed by atoms with Crippen molar-refractivity contribution in [3.8, 4) is 5.75 Å². The molecule has 94 valence electrons. The average molecular weight is 236 g/mol. The number of benzene rings is 1. The van der Waals surface area contributed by atoms with Crippen LogP contribution in [0.5, 0.6) is 5.75 Å². The molecule has 0 aromatic heterocycles. The second kappa shape index (κ2) is 6.78. The van der Waals surface area contributed by atoms with Crippen LogP contribution in [-0.2, 0) is 4.79 Å². The van der Waals surface area contributed by atoms with Crippen LogP contribution in [0.4, 0.5) is 5.69 Å². The van der Waals surface area contributed by atoms with E-state index >= 15 is 0 Å². The van der Waals surface area contributed by atoms with Gasteiger partial charge in [0.25, 0.3) is 0 Å². The minimum absolute atomic E-state index is 0.156. The van der Waals surface area contributed by atoms with E-state index in [4.69, 9.17) is 10.5 Å². The van der Waals surface area contributed by atoms with Gasteiger partial charge < -0.3 is 15.4 Å². The minimum atomic E-state index is 0.156. The van der Waals surface area contributed by atoms with Crippen molar-refractivity contribution in [1.29, 1.82) is 0 Å². The Bertz CT molecular complexity index is 366. The molecule has 0 fully saturated rings. The lowest BCUT2D eigenvalue weighted by Crippen LogP contribution is -2.30. The molecule has 1 amide bonds. The van der Waals surface area contributed by atoms with Crippen molar-refractivity contribution in [3.05, 3.63) is 24.3 Å². The molecule has 0 heterocycles. The molecular formula is C13H20N2O2. The van der Waals surface area contributed by atoms with Crippen molar-refractivity contribution in [2.45, 2.75) is 19.8 Å². The molecule has 0 saturated carbocycles. The zero-order chi connectivity index (χ0) is 12.7. The molecule has 4 nitrogen and oxygen atoms in total. The highest BCUT2D eigenvalue weighted by Crippen LogP contribution is 2.14. The summed E-state index contributed by atoms with van der Waals surface area (Å²) in [6, 6.07) is 7.28. The monoisotopic (exact) mass is 236 g/mol. The van der Waals surface area contributed by atoms with E-state index in [0.29, 0.717) is 25.3 Å². The molecule has 1 aromatic carbocycles. The predicted octanol–water partition coefficient (Wildman–Crippen LogP) is 1.91. The Kier molecular flexibility index (Phi) is 5.33. The van der Waals surface area contributed by atoms with Crippen molar-refractivity contribution in [1.82, 2.24) is 4.90 Å². The summed E-state index contributed by atoms with van der Waals surface area (Å²) in [5, 5.41) is 0. The van der Waals surface area contributed by atoms with Crippen LogP contribution in [0.2, 0.25) is 0 Å². The number of amides is 1. The molecule has 4 heteroatoms. The fourth-order valence-electron chi connectivity index (χ4n) is 1.43. The lowest BCUT2D eigenvalue weighted by atomic mass is 10.3. The van der Waals surface area contributed by atoms with Gasteiger partial charge in [0, 0.05) is 25.2 Å². The quantitative estimate of drug-likeness (QED) is 0.767. The van der Waals surface area contributed by atoms with Gasteiger partial charge >= 0.3 is 0 Å². The average Bonchev–Trinajstić information content (AvgIpc) is 2.29. The number of hydrogen-bond acceptors (Lipinski definition) is 3. The largest absolute Gasteiger partial charge is 0.492 e. The third-order valence-electron chi connectivity index (χ3n) is 2.44. The molecule has 0 aliphatic carbocycles. The Balaban J connectivity index is 2.30. The first kappa shape index (κ1) is 13.4. The summed E-state index contributed by atoms with van der Waals surface area (Å²) in [7, 11) is 1.79. The summed E-state index contributed by atoms with van der Waals surface area (Å²) in [5.74, 6) is 0.894. The SMILES string of the molecule is CCCC(=O)N(C)CCOc1cccc(N)c1. The van der Waals surface area contributed by atoms with Crippen LogP contribution < -0.4 is 10.5 Å². The van der Waals surface area contributed by atoms with Gasteiger partial charge in [0.2, 0.25) is 5.91 Å². The second-order valence-electron chi connectivity index (χ2n) is 3.99. The number of nitrogen functional groups attached to an aromatic ring is 1. The highest BCUT2D eigenvalue weighted by Gasteiger charge is 2.06. The summed E-state index contributed by atoms with van der Waals surface area (Å²) in [6.07, 6.45) is 1.47. The van der Waals surface area contributed by atoms with E-state index in [1.165, 1.54) is 0 Å². The smallest absolute Gasteiger partial charge is 0.222 e. The van der Waals surface area contributed by atoms with Crippen LogP contribution in [0.3, 0.4) is 0 Å². The maximum Gasteiger partial charge on any atom is 0.222 e. The lowest BCUT2D eigenvalue weighted by molar-refractivity contribution is -0.130. The first-order chi connectivity index (χ1) is 8.13. The molecule has 0 bridgehead atoms. The van der Waals surface area contributed by atoms with Crippen molar-refractivity contribution in [2.24, 2.45) is 0 Å². The third-order valence-corrected chi connectivity index (χ3v) is 2.44. The Morgan fingerprint density at radius 2 is 2.24 bits per heavy atom. The van der Waals surface area contributed by atoms with Crippen LogP contribution in [-0.4, -0.2) is 31.0 Å². The van der Waals surface area contributed by atoms with Gasteiger partial charge in [-0.2, -0.15) is 0 Å².